The first-order valence-corrected chi connectivity index (χ1v) is 12.6. The van der Waals surface area contributed by atoms with Crippen LogP contribution >= 0.6 is 47.0 Å². The Morgan fingerprint density at radius 2 is 0.538 bits per heavy atom. The molecule has 0 amide bonds. The highest BCUT2D eigenvalue weighted by molar-refractivity contribution is 8.04. The van der Waals surface area contributed by atoms with Gasteiger partial charge in [-0.3, -0.25) is 0 Å². The van der Waals surface area contributed by atoms with Crippen molar-refractivity contribution >= 4 is 47.0 Å². The zero-order valence-electron chi connectivity index (χ0n) is 18.8. The van der Waals surface area contributed by atoms with E-state index in [0.717, 1.165) is 0 Å². The van der Waals surface area contributed by atoms with Crippen LogP contribution in [0.2, 0.25) is 0 Å². The van der Waals surface area contributed by atoms with Gasteiger partial charge in [0.15, 0.2) is 0 Å². The molecule has 0 atom stereocenters. The number of benzene rings is 1. The van der Waals surface area contributed by atoms with Crippen LogP contribution in [0.3, 0.4) is 0 Å². The number of hydrogen-bond acceptors (Lipinski definition) is 4. The lowest BCUT2D eigenvalue weighted by atomic mass is 10.2. The molecule has 0 N–H and O–H groups in total. The first-order chi connectivity index (χ1) is 11.3. The molecule has 150 valence electrons. The second-order valence-electron chi connectivity index (χ2n) is 10.6. The zero-order valence-corrected chi connectivity index (χ0v) is 22.1. The van der Waals surface area contributed by atoms with Crippen LogP contribution in [-0.4, -0.2) is 19.0 Å². The van der Waals surface area contributed by atoms with Gasteiger partial charge in [-0.2, -0.15) is 0 Å². The van der Waals surface area contributed by atoms with Crippen molar-refractivity contribution in [3.8, 4) is 0 Å². The predicted octanol–water partition coefficient (Wildman–Crippen LogP) is 9.25. The van der Waals surface area contributed by atoms with Crippen molar-refractivity contribution in [1.82, 2.24) is 0 Å². The van der Waals surface area contributed by atoms with Crippen molar-refractivity contribution in [2.75, 3.05) is 0 Å². The van der Waals surface area contributed by atoms with E-state index in [0.29, 0.717) is 0 Å². The Morgan fingerprint density at radius 3 is 0.654 bits per heavy atom. The van der Waals surface area contributed by atoms with Gasteiger partial charge in [0.1, 0.15) is 0 Å². The average molecular weight is 431 g/mol. The molecular formula is C22H38S4. The largest absolute Gasteiger partial charge is 0.119 e. The van der Waals surface area contributed by atoms with E-state index in [9.17, 15) is 0 Å². The standard InChI is InChI=1S/C22H38S4/c1-19(2,3)23-15-13-17(25-21(7,8)9)18(26-22(10,11)12)14-16(15)24-20(4,5)6/h13-14H,1-12H3. The van der Waals surface area contributed by atoms with Gasteiger partial charge in [0.2, 0.25) is 0 Å². The Hall–Kier alpha value is 0.620. The second-order valence-corrected chi connectivity index (χ2v) is 18.1. The molecule has 1 aromatic rings. The Labute approximate surface area is 180 Å². The van der Waals surface area contributed by atoms with Gasteiger partial charge in [0.25, 0.3) is 0 Å². The minimum Gasteiger partial charge on any atom is -0.119 e. The molecule has 1 aromatic carbocycles. The monoisotopic (exact) mass is 430 g/mol. The fraction of sp³-hybridized carbons (Fsp3) is 0.727. The van der Waals surface area contributed by atoms with E-state index in [4.69, 9.17) is 0 Å². The maximum atomic E-state index is 2.45. The van der Waals surface area contributed by atoms with Crippen molar-refractivity contribution in [3.05, 3.63) is 12.1 Å². The molecule has 26 heavy (non-hydrogen) atoms. The van der Waals surface area contributed by atoms with E-state index in [1.165, 1.54) is 19.6 Å². The van der Waals surface area contributed by atoms with E-state index in [2.05, 4.69) is 95.2 Å². The molecule has 1 rings (SSSR count). The molecule has 0 nitrogen and oxygen atoms in total. The summed E-state index contributed by atoms with van der Waals surface area (Å²) in [5.74, 6) is 0. The average Bonchev–Trinajstić information content (AvgIpc) is 2.26. The maximum Gasteiger partial charge on any atom is 0.0225 e. The summed E-state index contributed by atoms with van der Waals surface area (Å²) >= 11 is 7.97. The summed E-state index contributed by atoms with van der Waals surface area (Å²) in [7, 11) is 0. The van der Waals surface area contributed by atoms with Crippen LogP contribution in [0.4, 0.5) is 0 Å². The van der Waals surface area contributed by atoms with E-state index in [-0.39, 0.29) is 19.0 Å². The summed E-state index contributed by atoms with van der Waals surface area (Å²) in [6.07, 6.45) is 0. The molecule has 0 spiro atoms. The molecular weight excluding hydrogens is 393 g/mol. The number of thioether (sulfide) groups is 4. The molecule has 0 saturated carbocycles. The summed E-state index contributed by atoms with van der Waals surface area (Å²) in [5, 5.41) is 0. The third-order valence-corrected chi connectivity index (χ3v) is 7.61. The van der Waals surface area contributed by atoms with Gasteiger partial charge < -0.3 is 0 Å². The number of rotatable bonds is 4. The lowest BCUT2D eigenvalue weighted by Crippen LogP contribution is -2.12. The van der Waals surface area contributed by atoms with Crippen LogP contribution in [0.5, 0.6) is 0 Å². The minimum absolute atomic E-state index is 0.204. The van der Waals surface area contributed by atoms with Crippen molar-refractivity contribution in [3.63, 3.8) is 0 Å². The van der Waals surface area contributed by atoms with Crippen LogP contribution < -0.4 is 0 Å². The highest BCUT2D eigenvalue weighted by Gasteiger charge is 2.25. The van der Waals surface area contributed by atoms with E-state index < -0.39 is 0 Å². The van der Waals surface area contributed by atoms with E-state index >= 15 is 0 Å². The molecule has 0 aliphatic heterocycles. The normalized spacial score (nSPS) is 14.0. The summed E-state index contributed by atoms with van der Waals surface area (Å²) in [4.78, 5) is 5.68. The van der Waals surface area contributed by atoms with Crippen molar-refractivity contribution in [2.24, 2.45) is 0 Å². The van der Waals surface area contributed by atoms with Crippen LogP contribution in [0.1, 0.15) is 83.1 Å². The molecule has 0 aliphatic carbocycles. The van der Waals surface area contributed by atoms with Gasteiger partial charge >= 0.3 is 0 Å². The van der Waals surface area contributed by atoms with Crippen LogP contribution in [0, 0.1) is 0 Å². The smallest absolute Gasteiger partial charge is 0.0225 e. The van der Waals surface area contributed by atoms with Gasteiger partial charge in [-0.15, -0.1) is 47.0 Å². The fourth-order valence-electron chi connectivity index (χ4n) is 2.16. The van der Waals surface area contributed by atoms with Gasteiger partial charge in [-0.05, 0) is 12.1 Å². The SMILES string of the molecule is CC(C)(C)Sc1cc(SC(C)(C)C)c(SC(C)(C)C)cc1SC(C)(C)C. The van der Waals surface area contributed by atoms with E-state index in [1.54, 1.807) is 0 Å². The molecule has 0 saturated heterocycles. The molecule has 0 fully saturated rings. The number of hydrogen-bond donors (Lipinski definition) is 0. The third-order valence-electron chi connectivity index (χ3n) is 2.67. The van der Waals surface area contributed by atoms with Crippen LogP contribution in [0.15, 0.2) is 31.7 Å². The van der Waals surface area contributed by atoms with Crippen molar-refractivity contribution in [2.45, 2.75) is 122 Å². The molecule has 0 aliphatic rings. The summed E-state index contributed by atoms with van der Waals surface area (Å²) in [5.41, 5.74) is 0. The first kappa shape index (κ1) is 24.7. The minimum atomic E-state index is 0.204. The molecule has 0 aromatic heterocycles. The van der Waals surface area contributed by atoms with Gasteiger partial charge in [-0.1, -0.05) is 83.1 Å². The summed E-state index contributed by atoms with van der Waals surface area (Å²) in [6, 6.07) is 4.90. The van der Waals surface area contributed by atoms with Crippen molar-refractivity contribution in [1.29, 1.82) is 0 Å². The Balaban J connectivity index is 3.53. The topological polar surface area (TPSA) is 0 Å². The molecule has 0 unspecified atom stereocenters. The molecule has 0 heterocycles. The predicted molar refractivity (Wildman–Crippen MR) is 129 cm³/mol. The van der Waals surface area contributed by atoms with Crippen LogP contribution in [0.25, 0.3) is 0 Å². The lowest BCUT2D eigenvalue weighted by molar-refractivity contribution is 0.786. The van der Waals surface area contributed by atoms with Gasteiger partial charge in [0, 0.05) is 38.6 Å². The van der Waals surface area contributed by atoms with Gasteiger partial charge in [-0.25, -0.2) is 0 Å². The highest BCUT2D eigenvalue weighted by Crippen LogP contribution is 2.50. The van der Waals surface area contributed by atoms with Gasteiger partial charge in [0.05, 0.1) is 0 Å². The molecule has 0 radical (unpaired) electrons. The summed E-state index contributed by atoms with van der Waals surface area (Å²) in [6.45, 7) is 27.6. The molecule has 4 heteroatoms. The maximum absolute atomic E-state index is 2.45. The fourth-order valence-corrected chi connectivity index (χ4v) is 6.79. The highest BCUT2D eigenvalue weighted by atomic mass is 32.2. The molecule has 0 bridgehead atoms. The first-order valence-electron chi connectivity index (χ1n) is 9.29. The van der Waals surface area contributed by atoms with E-state index in [1.807, 2.05) is 47.0 Å². The summed E-state index contributed by atoms with van der Waals surface area (Å²) < 4.78 is 0.816. The Bertz CT molecular complexity index is 499. The lowest BCUT2D eigenvalue weighted by Gasteiger charge is -2.28. The zero-order chi connectivity index (χ0) is 20.6. The second kappa shape index (κ2) is 8.55. The third kappa shape index (κ3) is 10.2. The quantitative estimate of drug-likeness (QED) is 0.436. The van der Waals surface area contributed by atoms with Crippen molar-refractivity contribution < 1.29 is 0 Å². The Kier molecular flexibility index (Phi) is 8.11. The van der Waals surface area contributed by atoms with Crippen LogP contribution in [-0.2, 0) is 0 Å². The Morgan fingerprint density at radius 1 is 0.385 bits per heavy atom.